The molecule has 0 amide bonds. The largest absolute Gasteiger partial charge is 0.354 e. The van der Waals surface area contributed by atoms with E-state index in [1.165, 1.54) is 22.3 Å². The molecule has 252 valence electrons. The molecular formula is C48H40N4. The number of fused-ring (bicyclic) bond motifs is 8. The first-order valence-corrected chi connectivity index (χ1v) is 18.1. The normalized spacial score (nSPS) is 12.4. The van der Waals surface area contributed by atoms with Crippen molar-refractivity contribution < 1.29 is 0 Å². The van der Waals surface area contributed by atoms with Crippen molar-refractivity contribution in [1.82, 2.24) is 19.9 Å². The number of rotatable bonds is 4. The lowest BCUT2D eigenvalue weighted by molar-refractivity contribution is 1.03. The summed E-state index contributed by atoms with van der Waals surface area (Å²) in [6, 6.07) is 44.0. The Morgan fingerprint density at radius 2 is 0.635 bits per heavy atom. The molecule has 7 aromatic rings. The van der Waals surface area contributed by atoms with E-state index < -0.39 is 0 Å². The predicted molar refractivity (Wildman–Crippen MR) is 218 cm³/mol. The molecule has 3 aromatic heterocycles. The van der Waals surface area contributed by atoms with E-state index in [2.05, 4.69) is 171 Å². The smallest absolute Gasteiger partial charge is 0.0737 e. The van der Waals surface area contributed by atoms with Crippen LogP contribution in [0.25, 0.3) is 78.7 Å². The maximum atomic E-state index is 5.52. The second-order valence-electron chi connectivity index (χ2n) is 14.3. The molecular weight excluding hydrogens is 633 g/mol. The number of H-pyrrole nitrogens is 2. The fourth-order valence-electron chi connectivity index (χ4n) is 7.61. The van der Waals surface area contributed by atoms with Gasteiger partial charge in [-0.15, -0.1) is 0 Å². The third kappa shape index (κ3) is 5.76. The van der Waals surface area contributed by atoms with Gasteiger partial charge in [-0.05, 0) is 99.2 Å². The van der Waals surface area contributed by atoms with Crippen LogP contribution in [0.15, 0.2) is 121 Å². The second-order valence-corrected chi connectivity index (χ2v) is 14.3. The molecule has 0 fully saturated rings. The van der Waals surface area contributed by atoms with E-state index in [1.807, 2.05) is 0 Å². The van der Waals surface area contributed by atoms with E-state index in [0.29, 0.717) is 0 Å². The maximum absolute atomic E-state index is 5.52. The topological polar surface area (TPSA) is 57.4 Å². The van der Waals surface area contributed by atoms with Crippen LogP contribution in [0.1, 0.15) is 45.0 Å². The number of aryl methyl sites for hydroxylation is 6. The van der Waals surface area contributed by atoms with E-state index in [0.717, 1.165) is 102 Å². The van der Waals surface area contributed by atoms with Crippen molar-refractivity contribution in [3.63, 3.8) is 0 Å². The standard InChI is InChI=1S/C48H40N4/c1-29-5-13-33(14-6-29)45-37-21-23-39(49-37)46(34-15-7-30(2)8-16-34)41-25-27-43(51-41)48(36-19-11-32(4)12-20-36)44-28-26-42(52-44)47(40-24-22-38(45)50-40)35-17-9-31(3)10-18-35/h5-25,27,50-51H,26,28H2,1-4H3. The Labute approximate surface area is 304 Å². The van der Waals surface area contributed by atoms with Crippen molar-refractivity contribution in [3.8, 4) is 44.5 Å². The number of benzene rings is 4. The Balaban J connectivity index is 1.46. The van der Waals surface area contributed by atoms with Gasteiger partial charge in [0.1, 0.15) is 0 Å². The molecule has 0 saturated heterocycles. The Morgan fingerprint density at radius 1 is 0.346 bits per heavy atom. The minimum atomic E-state index is 0.846. The van der Waals surface area contributed by atoms with Crippen LogP contribution in [0.5, 0.6) is 0 Å². The second kappa shape index (κ2) is 12.8. The predicted octanol–water partition coefficient (Wildman–Crippen LogP) is 12.2. The van der Waals surface area contributed by atoms with Crippen LogP contribution < -0.4 is 0 Å². The van der Waals surface area contributed by atoms with Gasteiger partial charge in [0.15, 0.2) is 0 Å². The molecule has 2 aliphatic rings. The highest BCUT2D eigenvalue weighted by Crippen LogP contribution is 2.38. The number of aromatic nitrogens is 4. The van der Waals surface area contributed by atoms with Crippen molar-refractivity contribution in [3.05, 3.63) is 166 Å². The van der Waals surface area contributed by atoms with Crippen molar-refractivity contribution >= 4 is 34.2 Å². The number of hydrogen-bond acceptors (Lipinski definition) is 2. The first-order valence-electron chi connectivity index (χ1n) is 18.1. The summed E-state index contributed by atoms with van der Waals surface area (Å²) in [6.45, 7) is 8.53. The lowest BCUT2D eigenvalue weighted by Crippen LogP contribution is -1.90. The summed E-state index contributed by atoms with van der Waals surface area (Å²) in [5, 5.41) is 0. The van der Waals surface area contributed by atoms with Crippen molar-refractivity contribution in [1.29, 1.82) is 0 Å². The molecule has 2 N–H and O–H groups in total. The van der Waals surface area contributed by atoms with Crippen LogP contribution in [-0.4, -0.2) is 19.9 Å². The molecule has 2 aliphatic heterocycles. The zero-order valence-corrected chi connectivity index (χ0v) is 30.0. The molecule has 8 bridgehead atoms. The van der Waals surface area contributed by atoms with Crippen LogP contribution in [0.3, 0.4) is 0 Å². The molecule has 9 rings (SSSR count). The zero-order valence-electron chi connectivity index (χ0n) is 30.0. The fraction of sp³-hybridized carbons (Fsp3) is 0.125. The van der Waals surface area contributed by atoms with Crippen molar-refractivity contribution in [2.75, 3.05) is 0 Å². The minimum absolute atomic E-state index is 0.846. The van der Waals surface area contributed by atoms with Gasteiger partial charge in [0, 0.05) is 44.3 Å². The van der Waals surface area contributed by atoms with Crippen LogP contribution in [-0.2, 0) is 12.8 Å². The molecule has 4 heteroatoms. The van der Waals surface area contributed by atoms with Gasteiger partial charge in [0.25, 0.3) is 0 Å². The van der Waals surface area contributed by atoms with Gasteiger partial charge in [0.05, 0.1) is 22.8 Å². The van der Waals surface area contributed by atoms with Gasteiger partial charge < -0.3 is 9.97 Å². The molecule has 4 nitrogen and oxygen atoms in total. The summed E-state index contributed by atoms with van der Waals surface area (Å²) >= 11 is 0. The summed E-state index contributed by atoms with van der Waals surface area (Å²) in [4.78, 5) is 18.7. The Hall–Kier alpha value is -6.26. The monoisotopic (exact) mass is 672 g/mol. The van der Waals surface area contributed by atoms with Gasteiger partial charge in [-0.2, -0.15) is 0 Å². The SMILES string of the molecule is Cc1ccc(-c2c3nc(c(-c4ccc(C)cc4)c4ccc([nH]4)c(-c4ccc(C)cc4)c4nc(c(-c5ccc(C)cc5)c5ccc2[nH]5)CC4)C=C3)cc1. The third-order valence-corrected chi connectivity index (χ3v) is 10.4. The summed E-state index contributed by atoms with van der Waals surface area (Å²) in [5.74, 6) is 0. The summed E-state index contributed by atoms with van der Waals surface area (Å²) < 4.78 is 0. The molecule has 0 aliphatic carbocycles. The van der Waals surface area contributed by atoms with Gasteiger partial charge >= 0.3 is 0 Å². The average molecular weight is 673 g/mol. The lowest BCUT2D eigenvalue weighted by Gasteiger charge is -2.07. The minimum Gasteiger partial charge on any atom is -0.354 e. The van der Waals surface area contributed by atoms with Crippen LogP contribution in [0.2, 0.25) is 0 Å². The molecule has 0 unspecified atom stereocenters. The summed E-state index contributed by atoms with van der Waals surface area (Å²) in [7, 11) is 0. The van der Waals surface area contributed by atoms with Crippen LogP contribution >= 0.6 is 0 Å². The molecule has 0 spiro atoms. The van der Waals surface area contributed by atoms with Crippen LogP contribution in [0.4, 0.5) is 0 Å². The Morgan fingerprint density at radius 3 is 0.962 bits per heavy atom. The fourth-order valence-corrected chi connectivity index (χ4v) is 7.61. The summed E-state index contributed by atoms with van der Waals surface area (Å²) in [6.07, 6.45) is 6.02. The van der Waals surface area contributed by atoms with E-state index in [1.54, 1.807) is 0 Å². The first kappa shape index (κ1) is 31.7. The van der Waals surface area contributed by atoms with Crippen molar-refractivity contribution in [2.24, 2.45) is 0 Å². The molecule has 4 aromatic carbocycles. The quantitative estimate of drug-likeness (QED) is 0.195. The average Bonchev–Trinajstić information content (AvgIpc) is 3.99. The van der Waals surface area contributed by atoms with Gasteiger partial charge in [0.2, 0.25) is 0 Å². The van der Waals surface area contributed by atoms with E-state index >= 15 is 0 Å². The molecule has 0 radical (unpaired) electrons. The first-order chi connectivity index (χ1) is 25.4. The number of aromatic amines is 2. The van der Waals surface area contributed by atoms with Crippen molar-refractivity contribution in [2.45, 2.75) is 40.5 Å². The Bertz CT molecular complexity index is 2490. The van der Waals surface area contributed by atoms with Crippen LogP contribution in [0, 0.1) is 27.7 Å². The molecule has 0 saturated carbocycles. The number of nitrogens with one attached hydrogen (secondary N) is 2. The third-order valence-electron chi connectivity index (χ3n) is 10.4. The zero-order chi connectivity index (χ0) is 35.3. The highest BCUT2D eigenvalue weighted by molar-refractivity contribution is 5.97. The molecule has 52 heavy (non-hydrogen) atoms. The lowest BCUT2D eigenvalue weighted by atomic mass is 9.99. The highest BCUT2D eigenvalue weighted by Gasteiger charge is 2.21. The van der Waals surface area contributed by atoms with E-state index in [4.69, 9.17) is 9.97 Å². The number of hydrogen-bond donors (Lipinski definition) is 2. The summed E-state index contributed by atoms with van der Waals surface area (Å²) in [5.41, 5.74) is 22.0. The van der Waals surface area contributed by atoms with Gasteiger partial charge in [-0.3, -0.25) is 4.98 Å². The maximum Gasteiger partial charge on any atom is 0.0737 e. The molecule has 5 heterocycles. The highest BCUT2D eigenvalue weighted by atomic mass is 14.8. The van der Waals surface area contributed by atoms with Gasteiger partial charge in [-0.25, -0.2) is 4.98 Å². The van der Waals surface area contributed by atoms with E-state index in [9.17, 15) is 0 Å². The Kier molecular flexibility index (Phi) is 7.81. The molecule has 0 atom stereocenters. The van der Waals surface area contributed by atoms with E-state index in [-0.39, 0.29) is 0 Å². The van der Waals surface area contributed by atoms with Gasteiger partial charge in [-0.1, -0.05) is 119 Å². The number of nitrogens with zero attached hydrogens (tertiary/aromatic N) is 2.